The van der Waals surface area contributed by atoms with Crippen LogP contribution in [0.5, 0.6) is 0 Å². The van der Waals surface area contributed by atoms with Gasteiger partial charge >= 0.3 is 9.28 Å². The molecule has 0 saturated heterocycles. The van der Waals surface area contributed by atoms with Crippen LogP contribution in [0.2, 0.25) is 6.04 Å². The predicted octanol–water partition coefficient (Wildman–Crippen LogP) is 1.43. The lowest BCUT2D eigenvalue weighted by Gasteiger charge is -2.12. The van der Waals surface area contributed by atoms with Gasteiger partial charge in [-0.1, -0.05) is 6.08 Å². The van der Waals surface area contributed by atoms with Crippen LogP contribution in [-0.4, -0.2) is 28.3 Å². The minimum absolute atomic E-state index is 0.0982. The molecule has 0 heterocycles. The van der Waals surface area contributed by atoms with Gasteiger partial charge in [-0.05, 0) is 26.8 Å². The van der Waals surface area contributed by atoms with E-state index in [4.69, 9.17) is 8.85 Å². The van der Waals surface area contributed by atoms with E-state index in [-0.39, 0.29) is 5.78 Å². The number of allylic oxidation sites excluding steroid dienone is 2. The Morgan fingerprint density at radius 1 is 1.31 bits per heavy atom. The van der Waals surface area contributed by atoms with Gasteiger partial charge in [-0.25, -0.2) is 0 Å². The molecule has 3 nitrogen and oxygen atoms in total. The van der Waals surface area contributed by atoms with Crippen LogP contribution in [0.4, 0.5) is 0 Å². The molecule has 0 spiro atoms. The van der Waals surface area contributed by atoms with Crippen molar-refractivity contribution in [2.75, 3.05) is 13.2 Å². The summed E-state index contributed by atoms with van der Waals surface area (Å²) in [6.45, 7) is 6.91. The highest BCUT2D eigenvalue weighted by Gasteiger charge is 2.15. The van der Waals surface area contributed by atoms with Crippen molar-refractivity contribution in [1.82, 2.24) is 0 Å². The van der Waals surface area contributed by atoms with Crippen LogP contribution in [-0.2, 0) is 13.6 Å². The van der Waals surface area contributed by atoms with Gasteiger partial charge in [-0.2, -0.15) is 0 Å². The fourth-order valence-electron chi connectivity index (χ4n) is 0.956. The molecule has 0 N–H and O–H groups in total. The fourth-order valence-corrected chi connectivity index (χ4v) is 2.50. The van der Waals surface area contributed by atoms with Crippen LogP contribution in [0.3, 0.4) is 0 Å². The van der Waals surface area contributed by atoms with E-state index in [0.29, 0.717) is 19.3 Å². The van der Waals surface area contributed by atoms with Crippen molar-refractivity contribution in [3.8, 4) is 0 Å². The predicted molar refractivity (Wildman–Crippen MR) is 55.0 cm³/mol. The third-order valence-electron chi connectivity index (χ3n) is 1.43. The number of rotatable bonds is 7. The van der Waals surface area contributed by atoms with Crippen LogP contribution < -0.4 is 0 Å². The molecule has 0 fully saturated rings. The van der Waals surface area contributed by atoms with Crippen LogP contribution in [0.25, 0.3) is 0 Å². The minimum atomic E-state index is -1.72. The molecule has 0 rings (SSSR count). The van der Waals surface area contributed by atoms with Crippen LogP contribution in [0, 0.1) is 0 Å². The first-order valence-corrected chi connectivity index (χ1v) is 6.39. The average molecular weight is 202 g/mol. The van der Waals surface area contributed by atoms with E-state index in [1.54, 1.807) is 12.2 Å². The molecule has 0 atom stereocenters. The third kappa shape index (κ3) is 6.69. The largest absolute Gasteiger partial charge is 0.397 e. The zero-order valence-corrected chi connectivity index (χ0v) is 9.73. The van der Waals surface area contributed by atoms with Crippen molar-refractivity contribution in [2.24, 2.45) is 0 Å². The van der Waals surface area contributed by atoms with E-state index in [1.165, 1.54) is 0 Å². The molecule has 4 heteroatoms. The van der Waals surface area contributed by atoms with Crippen LogP contribution in [0.1, 0.15) is 20.8 Å². The first-order chi connectivity index (χ1) is 6.24. The molecule has 0 aliphatic heterocycles. The number of ketones is 1. The molecule has 0 aliphatic rings. The quantitative estimate of drug-likeness (QED) is 0.463. The molecule has 0 saturated carbocycles. The van der Waals surface area contributed by atoms with Crippen molar-refractivity contribution in [3.05, 3.63) is 12.2 Å². The standard InChI is InChI=1S/C9H18O3Si/c1-4-7-9(10)8-13(11-5-2)12-6-3/h4,7,13H,5-6,8H2,1-3H3. The van der Waals surface area contributed by atoms with Crippen molar-refractivity contribution >= 4 is 15.1 Å². The maximum Gasteiger partial charge on any atom is 0.329 e. The Hall–Kier alpha value is -0.453. The second-order valence-electron chi connectivity index (χ2n) is 2.51. The summed E-state index contributed by atoms with van der Waals surface area (Å²) < 4.78 is 10.7. The number of carbonyl (C=O) groups excluding carboxylic acids is 1. The first-order valence-electron chi connectivity index (χ1n) is 4.63. The van der Waals surface area contributed by atoms with E-state index in [0.717, 1.165) is 0 Å². The Balaban J connectivity index is 3.85. The summed E-state index contributed by atoms with van der Waals surface area (Å²) in [5.41, 5.74) is 0. The van der Waals surface area contributed by atoms with Gasteiger partial charge in [0.1, 0.15) is 0 Å². The van der Waals surface area contributed by atoms with E-state index in [2.05, 4.69) is 0 Å². The van der Waals surface area contributed by atoms with Gasteiger partial charge < -0.3 is 8.85 Å². The summed E-state index contributed by atoms with van der Waals surface area (Å²) in [4.78, 5) is 11.2. The minimum Gasteiger partial charge on any atom is -0.397 e. The Morgan fingerprint density at radius 2 is 1.85 bits per heavy atom. The lowest BCUT2D eigenvalue weighted by Crippen LogP contribution is -2.25. The van der Waals surface area contributed by atoms with Crippen LogP contribution in [0.15, 0.2) is 12.2 Å². The monoisotopic (exact) mass is 202 g/mol. The molecule has 13 heavy (non-hydrogen) atoms. The highest BCUT2D eigenvalue weighted by molar-refractivity contribution is 6.50. The average Bonchev–Trinajstić information content (AvgIpc) is 2.05. The molecule has 0 amide bonds. The normalized spacial score (nSPS) is 11.4. The van der Waals surface area contributed by atoms with Gasteiger partial charge in [-0.15, -0.1) is 0 Å². The van der Waals surface area contributed by atoms with E-state index in [1.807, 2.05) is 20.8 Å². The van der Waals surface area contributed by atoms with Gasteiger partial charge in [0, 0.05) is 13.2 Å². The Bertz CT molecular complexity index is 162. The van der Waals surface area contributed by atoms with E-state index >= 15 is 0 Å². The number of hydrogen-bond donors (Lipinski definition) is 0. The third-order valence-corrected chi connectivity index (χ3v) is 3.57. The van der Waals surface area contributed by atoms with Crippen molar-refractivity contribution in [2.45, 2.75) is 26.8 Å². The van der Waals surface area contributed by atoms with Gasteiger partial charge in [0.15, 0.2) is 5.78 Å². The van der Waals surface area contributed by atoms with E-state index < -0.39 is 9.28 Å². The molecule has 0 aromatic carbocycles. The summed E-state index contributed by atoms with van der Waals surface area (Å²) in [5.74, 6) is 0.0982. The molecule has 0 unspecified atom stereocenters. The topological polar surface area (TPSA) is 35.5 Å². The van der Waals surface area contributed by atoms with Crippen LogP contribution >= 0.6 is 0 Å². The van der Waals surface area contributed by atoms with Crippen molar-refractivity contribution in [1.29, 1.82) is 0 Å². The lowest BCUT2D eigenvalue weighted by atomic mass is 10.4. The molecule has 0 bridgehead atoms. The smallest absolute Gasteiger partial charge is 0.329 e. The Morgan fingerprint density at radius 3 is 2.23 bits per heavy atom. The molecule has 0 aromatic rings. The number of carbonyl (C=O) groups is 1. The maximum absolute atomic E-state index is 11.2. The Labute approximate surface area is 81.6 Å². The maximum atomic E-state index is 11.2. The Kier molecular flexibility index (Phi) is 7.87. The second kappa shape index (κ2) is 8.16. The molecule has 0 aliphatic carbocycles. The first kappa shape index (κ1) is 12.5. The van der Waals surface area contributed by atoms with Gasteiger partial charge in [0.25, 0.3) is 0 Å². The lowest BCUT2D eigenvalue weighted by molar-refractivity contribution is -0.113. The molecular weight excluding hydrogens is 184 g/mol. The van der Waals surface area contributed by atoms with Gasteiger partial charge in [0.2, 0.25) is 0 Å². The molecular formula is C9H18O3Si. The zero-order chi connectivity index (χ0) is 10.1. The number of hydrogen-bond acceptors (Lipinski definition) is 3. The van der Waals surface area contributed by atoms with Crippen molar-refractivity contribution < 1.29 is 13.6 Å². The molecule has 0 aromatic heterocycles. The highest BCUT2D eigenvalue weighted by atomic mass is 28.3. The summed E-state index contributed by atoms with van der Waals surface area (Å²) in [6.07, 6.45) is 3.31. The molecule has 76 valence electrons. The van der Waals surface area contributed by atoms with E-state index in [9.17, 15) is 4.79 Å². The second-order valence-corrected chi connectivity index (χ2v) is 4.44. The molecule has 0 radical (unpaired) electrons. The van der Waals surface area contributed by atoms with Crippen molar-refractivity contribution in [3.63, 3.8) is 0 Å². The summed E-state index contributed by atoms with van der Waals surface area (Å²) >= 11 is 0. The highest BCUT2D eigenvalue weighted by Crippen LogP contribution is 1.99. The zero-order valence-electron chi connectivity index (χ0n) is 8.58. The van der Waals surface area contributed by atoms with Gasteiger partial charge in [0.05, 0.1) is 6.04 Å². The SMILES string of the molecule is CC=CC(=O)C[SiH](OCC)OCC. The summed E-state index contributed by atoms with van der Waals surface area (Å²) in [5, 5.41) is 0. The fraction of sp³-hybridized carbons (Fsp3) is 0.667. The van der Waals surface area contributed by atoms with Gasteiger partial charge in [-0.3, -0.25) is 4.79 Å². The summed E-state index contributed by atoms with van der Waals surface area (Å²) in [6, 6.07) is 0.437. The summed E-state index contributed by atoms with van der Waals surface area (Å²) in [7, 11) is -1.72.